The maximum Gasteiger partial charge on any atom is 0.253 e. The second-order valence-corrected chi connectivity index (χ2v) is 8.28. The number of anilines is 1. The summed E-state index contributed by atoms with van der Waals surface area (Å²) in [4.78, 5) is 26.9. The van der Waals surface area contributed by atoms with Crippen LogP contribution in [0.1, 0.15) is 23.5 Å². The summed E-state index contributed by atoms with van der Waals surface area (Å²) in [5, 5.41) is 13.0. The molecule has 2 amide bonds. The molecular weight excluding hydrogens is 451 g/mol. The first-order valence-electron chi connectivity index (χ1n) is 10.3. The summed E-state index contributed by atoms with van der Waals surface area (Å²) < 4.78 is 24.3. The van der Waals surface area contributed by atoms with Crippen molar-refractivity contribution in [2.75, 3.05) is 32.7 Å². The number of hydrogen-bond donors (Lipinski definition) is 2. The SMILES string of the molecule is COC[C@@H](O)COc1cc(NC(=O)C2=CN(C)C(=O)C[C@H]2c2cccc(F)c2)c(C)cc1Cl. The zero-order valence-electron chi connectivity index (χ0n) is 18.6. The van der Waals surface area contributed by atoms with Gasteiger partial charge in [-0.25, -0.2) is 4.39 Å². The molecular formula is C24H26ClFN2O5. The fourth-order valence-corrected chi connectivity index (χ4v) is 3.83. The minimum atomic E-state index is -0.835. The van der Waals surface area contributed by atoms with E-state index in [0.29, 0.717) is 33.2 Å². The molecule has 0 aliphatic carbocycles. The van der Waals surface area contributed by atoms with Crippen molar-refractivity contribution in [3.8, 4) is 5.75 Å². The lowest BCUT2D eigenvalue weighted by Gasteiger charge is -2.28. The molecule has 0 spiro atoms. The highest BCUT2D eigenvalue weighted by atomic mass is 35.5. The lowest BCUT2D eigenvalue weighted by molar-refractivity contribution is -0.128. The number of rotatable bonds is 8. The van der Waals surface area contributed by atoms with Crippen LogP contribution in [0.4, 0.5) is 10.1 Å². The van der Waals surface area contributed by atoms with E-state index in [0.717, 1.165) is 0 Å². The zero-order valence-corrected chi connectivity index (χ0v) is 19.4. The van der Waals surface area contributed by atoms with Crippen molar-refractivity contribution in [1.29, 1.82) is 0 Å². The largest absolute Gasteiger partial charge is 0.489 e. The second-order valence-electron chi connectivity index (χ2n) is 7.87. The summed E-state index contributed by atoms with van der Waals surface area (Å²) in [6, 6.07) is 9.10. The van der Waals surface area contributed by atoms with E-state index < -0.39 is 23.7 Å². The smallest absolute Gasteiger partial charge is 0.253 e. The van der Waals surface area contributed by atoms with Gasteiger partial charge in [0.1, 0.15) is 24.3 Å². The molecule has 33 heavy (non-hydrogen) atoms. The number of nitrogens with zero attached hydrogens (tertiary/aromatic N) is 1. The third-order valence-electron chi connectivity index (χ3n) is 5.31. The van der Waals surface area contributed by atoms with Crippen LogP contribution in [0.3, 0.4) is 0 Å². The van der Waals surface area contributed by atoms with E-state index in [1.807, 2.05) is 0 Å². The molecule has 0 aromatic heterocycles. The molecule has 0 saturated heterocycles. The topological polar surface area (TPSA) is 88.1 Å². The molecule has 1 aliphatic heterocycles. The molecule has 9 heteroatoms. The Kier molecular flexibility index (Phi) is 8.07. The highest BCUT2D eigenvalue weighted by Gasteiger charge is 2.31. The Labute approximate surface area is 196 Å². The molecule has 0 saturated carbocycles. The molecule has 2 atom stereocenters. The number of halogens is 2. The van der Waals surface area contributed by atoms with Crippen LogP contribution in [0.5, 0.6) is 5.75 Å². The molecule has 0 unspecified atom stereocenters. The fourth-order valence-electron chi connectivity index (χ4n) is 3.56. The number of carbonyl (C=O) groups is 2. The number of benzene rings is 2. The normalized spacial score (nSPS) is 16.9. The number of hydrogen-bond acceptors (Lipinski definition) is 5. The van der Waals surface area contributed by atoms with E-state index in [2.05, 4.69) is 5.32 Å². The van der Waals surface area contributed by atoms with Gasteiger partial charge in [-0.2, -0.15) is 0 Å². The Morgan fingerprint density at radius 3 is 2.79 bits per heavy atom. The van der Waals surface area contributed by atoms with Crippen LogP contribution >= 0.6 is 11.6 Å². The van der Waals surface area contributed by atoms with E-state index in [1.165, 1.54) is 30.3 Å². The van der Waals surface area contributed by atoms with Crippen LogP contribution in [0.2, 0.25) is 5.02 Å². The highest BCUT2D eigenvalue weighted by Crippen LogP contribution is 2.35. The van der Waals surface area contributed by atoms with Crippen molar-refractivity contribution >= 4 is 29.1 Å². The third kappa shape index (κ3) is 6.10. The van der Waals surface area contributed by atoms with Gasteiger partial charge < -0.3 is 24.8 Å². The lowest BCUT2D eigenvalue weighted by Crippen LogP contribution is -2.33. The van der Waals surface area contributed by atoms with E-state index in [9.17, 15) is 19.1 Å². The molecule has 3 rings (SSSR count). The Morgan fingerprint density at radius 2 is 2.09 bits per heavy atom. The number of carbonyl (C=O) groups excluding carboxylic acids is 2. The second kappa shape index (κ2) is 10.8. The van der Waals surface area contributed by atoms with Gasteiger partial charge in [-0.3, -0.25) is 9.59 Å². The van der Waals surface area contributed by atoms with Gasteiger partial charge in [0.25, 0.3) is 5.91 Å². The number of ether oxygens (including phenoxy) is 2. The quantitative estimate of drug-likeness (QED) is 0.607. The molecule has 176 valence electrons. The van der Waals surface area contributed by atoms with Gasteiger partial charge in [-0.15, -0.1) is 0 Å². The molecule has 2 N–H and O–H groups in total. The maximum absolute atomic E-state index is 13.8. The van der Waals surface area contributed by atoms with Gasteiger partial charge in [0.15, 0.2) is 0 Å². The van der Waals surface area contributed by atoms with Gasteiger partial charge in [0.05, 0.1) is 11.6 Å². The summed E-state index contributed by atoms with van der Waals surface area (Å²) in [6.07, 6.45) is 0.684. The van der Waals surface area contributed by atoms with E-state index >= 15 is 0 Å². The van der Waals surface area contributed by atoms with Gasteiger partial charge in [0, 0.05) is 50.0 Å². The first kappa shape index (κ1) is 24.7. The Morgan fingerprint density at radius 1 is 1.33 bits per heavy atom. The standard InChI is InChI=1S/C24H26ClFN2O5/c1-14-7-20(25)22(33-13-17(29)12-32-3)10-21(14)27-24(31)19-11-28(2)23(30)9-18(19)15-5-4-6-16(26)8-15/h4-8,10-11,17-18,29H,9,12-13H2,1-3H3,(H,27,31)/t17-,18+/m1/s1. The van der Waals surface area contributed by atoms with Gasteiger partial charge >= 0.3 is 0 Å². The lowest BCUT2D eigenvalue weighted by atomic mass is 9.85. The number of nitrogens with one attached hydrogen (secondary N) is 1. The fraction of sp³-hybridized carbons (Fsp3) is 0.333. The molecule has 0 radical (unpaired) electrons. The predicted octanol–water partition coefficient (Wildman–Crippen LogP) is 3.64. The van der Waals surface area contributed by atoms with Crippen molar-refractivity contribution in [1.82, 2.24) is 4.90 Å². The van der Waals surface area contributed by atoms with Crippen LogP contribution in [0, 0.1) is 12.7 Å². The van der Waals surface area contributed by atoms with Crippen molar-refractivity contribution in [2.24, 2.45) is 0 Å². The summed E-state index contributed by atoms with van der Waals surface area (Å²) in [7, 11) is 3.04. The van der Waals surface area contributed by atoms with Gasteiger partial charge in [-0.1, -0.05) is 23.7 Å². The number of methoxy groups -OCH3 is 1. The van der Waals surface area contributed by atoms with Crippen molar-refractivity contribution in [3.63, 3.8) is 0 Å². The number of aliphatic hydroxyl groups excluding tert-OH is 1. The number of aryl methyl sites for hydroxylation is 1. The Hall–Kier alpha value is -2.94. The zero-order chi connectivity index (χ0) is 24.1. The highest BCUT2D eigenvalue weighted by molar-refractivity contribution is 6.32. The average molecular weight is 477 g/mol. The number of aliphatic hydroxyl groups is 1. The van der Waals surface area contributed by atoms with Gasteiger partial charge in [-0.05, 0) is 36.2 Å². The molecule has 1 heterocycles. The van der Waals surface area contributed by atoms with Gasteiger partial charge in [0.2, 0.25) is 5.91 Å². The van der Waals surface area contributed by atoms with E-state index in [-0.39, 0.29) is 25.5 Å². The number of amides is 2. The van der Waals surface area contributed by atoms with Crippen LogP contribution < -0.4 is 10.1 Å². The minimum absolute atomic E-state index is 0.0380. The Balaban J connectivity index is 1.85. The van der Waals surface area contributed by atoms with Crippen LogP contribution in [0.15, 0.2) is 48.2 Å². The van der Waals surface area contributed by atoms with Crippen LogP contribution in [0.25, 0.3) is 0 Å². The monoisotopic (exact) mass is 476 g/mol. The maximum atomic E-state index is 13.8. The van der Waals surface area contributed by atoms with Crippen LogP contribution in [-0.2, 0) is 14.3 Å². The predicted molar refractivity (Wildman–Crippen MR) is 123 cm³/mol. The summed E-state index contributed by atoms with van der Waals surface area (Å²) in [5.41, 5.74) is 2.03. The molecule has 7 nitrogen and oxygen atoms in total. The first-order valence-corrected chi connectivity index (χ1v) is 10.7. The molecule has 0 bridgehead atoms. The Bertz CT molecular complexity index is 1070. The van der Waals surface area contributed by atoms with E-state index in [4.69, 9.17) is 21.1 Å². The minimum Gasteiger partial charge on any atom is -0.489 e. The van der Waals surface area contributed by atoms with Crippen LogP contribution in [-0.4, -0.2) is 55.3 Å². The summed E-state index contributed by atoms with van der Waals surface area (Å²) in [5.74, 6) is -1.34. The summed E-state index contributed by atoms with van der Waals surface area (Å²) in [6.45, 7) is 1.85. The average Bonchev–Trinajstić information content (AvgIpc) is 2.76. The molecule has 2 aromatic carbocycles. The first-order chi connectivity index (χ1) is 15.7. The van der Waals surface area contributed by atoms with Crippen molar-refractivity contribution in [2.45, 2.75) is 25.4 Å². The molecule has 0 fully saturated rings. The molecule has 2 aromatic rings. The summed E-state index contributed by atoms with van der Waals surface area (Å²) >= 11 is 6.26. The molecule has 1 aliphatic rings. The third-order valence-corrected chi connectivity index (χ3v) is 5.61. The van der Waals surface area contributed by atoms with Crippen molar-refractivity contribution in [3.05, 3.63) is 70.1 Å². The van der Waals surface area contributed by atoms with Crippen molar-refractivity contribution < 1.29 is 28.6 Å². The van der Waals surface area contributed by atoms with E-state index in [1.54, 1.807) is 38.2 Å².